The maximum Gasteiger partial charge on any atom is 0.193 e. The minimum atomic E-state index is -0.175. The van der Waals surface area contributed by atoms with Crippen LogP contribution in [-0.2, 0) is 4.74 Å². The van der Waals surface area contributed by atoms with Gasteiger partial charge in [0.15, 0.2) is 5.78 Å². The van der Waals surface area contributed by atoms with E-state index in [0.29, 0.717) is 30.1 Å². The van der Waals surface area contributed by atoms with Crippen LogP contribution in [0.25, 0.3) is 0 Å². The number of benzene rings is 1. The van der Waals surface area contributed by atoms with Gasteiger partial charge >= 0.3 is 0 Å². The van der Waals surface area contributed by atoms with Gasteiger partial charge in [0.05, 0.1) is 12.6 Å². The van der Waals surface area contributed by atoms with Crippen LogP contribution >= 0.6 is 0 Å². The molecule has 4 heteroatoms. The lowest BCUT2D eigenvalue weighted by Crippen LogP contribution is -2.33. The molecule has 0 aromatic heterocycles. The van der Waals surface area contributed by atoms with Gasteiger partial charge in [-0.15, -0.1) is 0 Å². The first kappa shape index (κ1) is 19.9. The first-order valence-corrected chi connectivity index (χ1v) is 8.18. The fourth-order valence-electron chi connectivity index (χ4n) is 1.97. The number of allylic oxidation sites excluding steroid dienone is 4. The Hall–Kier alpha value is -2.17. The summed E-state index contributed by atoms with van der Waals surface area (Å²) in [4.78, 5) is 12.3. The number of unbranched alkanes of at least 4 members (excludes halogenated alkanes) is 1. The van der Waals surface area contributed by atoms with Crippen LogP contribution < -0.4 is 10.5 Å². The van der Waals surface area contributed by atoms with Gasteiger partial charge in [0, 0.05) is 17.7 Å². The summed E-state index contributed by atoms with van der Waals surface area (Å²) in [6.45, 7) is 10.9. The highest BCUT2D eigenvalue weighted by molar-refractivity contribution is 6.10. The fourth-order valence-corrected chi connectivity index (χ4v) is 1.97. The summed E-state index contributed by atoms with van der Waals surface area (Å²) in [6, 6.07) is 6.79. The number of carbonyl (C=O) groups excluding carboxylic acids is 1. The standard InChI is InChI=1S/C20H27NO3/c1-4-7-13-23-14-18(21)15-24-19-11-9-17(10-12-19)20(22)16(6-3)8-5-2/h5-6,8-12,18H,2-4,7,13-15,21H2,1H3/b16-8+. The highest BCUT2D eigenvalue weighted by Crippen LogP contribution is 2.16. The zero-order valence-electron chi connectivity index (χ0n) is 14.4. The molecule has 130 valence electrons. The molecule has 1 unspecified atom stereocenters. The molecule has 4 nitrogen and oxygen atoms in total. The highest BCUT2D eigenvalue weighted by atomic mass is 16.5. The lowest BCUT2D eigenvalue weighted by atomic mass is 10.0. The molecule has 1 aromatic carbocycles. The number of ketones is 1. The van der Waals surface area contributed by atoms with Crippen molar-refractivity contribution in [3.63, 3.8) is 0 Å². The maximum atomic E-state index is 12.3. The predicted molar refractivity (Wildman–Crippen MR) is 98.4 cm³/mol. The van der Waals surface area contributed by atoms with Crippen LogP contribution in [-0.4, -0.2) is 31.6 Å². The van der Waals surface area contributed by atoms with Crippen LogP contribution in [0, 0.1) is 0 Å². The van der Waals surface area contributed by atoms with Crippen molar-refractivity contribution in [2.75, 3.05) is 19.8 Å². The largest absolute Gasteiger partial charge is 0.492 e. The molecule has 0 aliphatic rings. The molecule has 0 aliphatic heterocycles. The van der Waals surface area contributed by atoms with Crippen LogP contribution in [0.2, 0.25) is 0 Å². The zero-order valence-corrected chi connectivity index (χ0v) is 14.4. The maximum absolute atomic E-state index is 12.3. The second-order valence-corrected chi connectivity index (χ2v) is 5.41. The molecule has 24 heavy (non-hydrogen) atoms. The molecular formula is C20H27NO3. The van der Waals surface area contributed by atoms with E-state index in [-0.39, 0.29) is 11.8 Å². The molecule has 0 bridgehead atoms. The molecule has 0 saturated heterocycles. The smallest absolute Gasteiger partial charge is 0.193 e. The van der Waals surface area contributed by atoms with Crippen molar-refractivity contribution < 1.29 is 14.3 Å². The molecule has 0 aliphatic carbocycles. The summed E-state index contributed by atoms with van der Waals surface area (Å²) in [5.74, 6) is 0.570. The van der Waals surface area contributed by atoms with Gasteiger partial charge < -0.3 is 15.2 Å². The Morgan fingerprint density at radius 1 is 1.25 bits per heavy atom. The number of hydrogen-bond donors (Lipinski definition) is 1. The van der Waals surface area contributed by atoms with E-state index in [4.69, 9.17) is 15.2 Å². The predicted octanol–water partition coefficient (Wildman–Crippen LogP) is 3.69. The summed E-state index contributed by atoms with van der Waals surface area (Å²) in [7, 11) is 0. The third kappa shape index (κ3) is 6.94. The molecule has 0 saturated carbocycles. The van der Waals surface area contributed by atoms with E-state index in [1.54, 1.807) is 36.4 Å². The third-order valence-electron chi connectivity index (χ3n) is 3.33. The Morgan fingerprint density at radius 3 is 2.54 bits per heavy atom. The van der Waals surface area contributed by atoms with Gasteiger partial charge in [-0.1, -0.05) is 44.7 Å². The van der Waals surface area contributed by atoms with Gasteiger partial charge in [-0.25, -0.2) is 0 Å². The molecule has 1 atom stereocenters. The molecule has 1 rings (SSSR count). The van der Waals surface area contributed by atoms with Crippen LogP contribution in [0.3, 0.4) is 0 Å². The molecule has 0 heterocycles. The zero-order chi connectivity index (χ0) is 17.8. The topological polar surface area (TPSA) is 61.5 Å². The second kappa shape index (κ2) is 11.4. The first-order valence-electron chi connectivity index (χ1n) is 8.18. The van der Waals surface area contributed by atoms with Crippen molar-refractivity contribution in [1.82, 2.24) is 0 Å². The number of nitrogens with two attached hydrogens (primary N) is 1. The van der Waals surface area contributed by atoms with Crippen molar-refractivity contribution in [1.29, 1.82) is 0 Å². The van der Waals surface area contributed by atoms with Crippen molar-refractivity contribution in [2.45, 2.75) is 25.8 Å². The molecule has 0 fully saturated rings. The third-order valence-corrected chi connectivity index (χ3v) is 3.33. The van der Waals surface area contributed by atoms with Crippen LogP contribution in [0.5, 0.6) is 5.75 Å². The normalized spacial score (nSPS) is 12.5. The van der Waals surface area contributed by atoms with Gasteiger partial charge in [0.25, 0.3) is 0 Å². The summed E-state index contributed by atoms with van der Waals surface area (Å²) < 4.78 is 11.1. The van der Waals surface area contributed by atoms with Gasteiger partial charge in [-0.3, -0.25) is 4.79 Å². The second-order valence-electron chi connectivity index (χ2n) is 5.41. The molecule has 2 N–H and O–H groups in total. The fraction of sp³-hybridized carbons (Fsp3) is 0.350. The summed E-state index contributed by atoms with van der Waals surface area (Å²) in [6.07, 6.45) is 6.86. The lowest BCUT2D eigenvalue weighted by molar-refractivity contribution is 0.103. The number of hydrogen-bond acceptors (Lipinski definition) is 4. The monoisotopic (exact) mass is 329 g/mol. The average molecular weight is 329 g/mol. The average Bonchev–Trinajstić information content (AvgIpc) is 2.61. The van der Waals surface area contributed by atoms with Crippen LogP contribution in [0.1, 0.15) is 30.1 Å². The van der Waals surface area contributed by atoms with Crippen LogP contribution in [0.4, 0.5) is 0 Å². The molecule has 0 amide bonds. The molecule has 1 aromatic rings. The van der Waals surface area contributed by atoms with Gasteiger partial charge in [-0.05, 0) is 30.7 Å². The van der Waals surface area contributed by atoms with Crippen molar-refractivity contribution in [2.24, 2.45) is 5.73 Å². The summed E-state index contributed by atoms with van der Waals surface area (Å²) in [5, 5.41) is 0. The molecular weight excluding hydrogens is 302 g/mol. The molecule has 0 spiro atoms. The quantitative estimate of drug-likeness (QED) is 0.275. The Labute approximate surface area is 144 Å². The van der Waals surface area contributed by atoms with Gasteiger partial charge in [0.1, 0.15) is 12.4 Å². The van der Waals surface area contributed by atoms with E-state index in [9.17, 15) is 4.79 Å². The van der Waals surface area contributed by atoms with E-state index in [1.165, 1.54) is 6.08 Å². The van der Waals surface area contributed by atoms with Crippen molar-refractivity contribution >= 4 is 5.78 Å². The Morgan fingerprint density at radius 2 is 1.96 bits per heavy atom. The van der Waals surface area contributed by atoms with E-state index >= 15 is 0 Å². The van der Waals surface area contributed by atoms with Crippen LogP contribution in [0.15, 0.2) is 61.2 Å². The minimum absolute atomic E-state index is 0.0996. The first-order chi connectivity index (χ1) is 11.6. The van der Waals surface area contributed by atoms with E-state index in [1.807, 2.05) is 0 Å². The Balaban J connectivity index is 2.50. The highest BCUT2D eigenvalue weighted by Gasteiger charge is 2.09. The Bertz CT molecular complexity index is 561. The number of Topliss-reactive ketones (excluding diaryl/α,β-unsaturated/α-hetero) is 1. The van der Waals surface area contributed by atoms with Crippen molar-refractivity contribution in [3.8, 4) is 5.75 Å². The number of ether oxygens (including phenoxy) is 2. The van der Waals surface area contributed by atoms with Gasteiger partial charge in [-0.2, -0.15) is 0 Å². The lowest BCUT2D eigenvalue weighted by Gasteiger charge is -2.13. The van der Waals surface area contributed by atoms with E-state index in [0.717, 1.165) is 19.4 Å². The summed E-state index contributed by atoms with van der Waals surface area (Å²) >= 11 is 0. The van der Waals surface area contributed by atoms with Crippen molar-refractivity contribution in [3.05, 3.63) is 66.8 Å². The summed E-state index contributed by atoms with van der Waals surface area (Å²) in [5.41, 5.74) is 7.02. The minimum Gasteiger partial charge on any atom is -0.492 e. The van der Waals surface area contributed by atoms with E-state index in [2.05, 4.69) is 20.1 Å². The SMILES string of the molecule is C=C/C=C(\C=C)C(=O)c1ccc(OCC(N)COCCCC)cc1. The van der Waals surface area contributed by atoms with Gasteiger partial charge in [0.2, 0.25) is 0 Å². The number of carbonyl (C=O) groups is 1. The van der Waals surface area contributed by atoms with E-state index < -0.39 is 0 Å². The molecule has 0 radical (unpaired) electrons. The number of rotatable bonds is 12. The Kier molecular flexibility index (Phi) is 9.42.